The first-order chi connectivity index (χ1) is 12.3. The first kappa shape index (κ1) is 18.4. The molecule has 0 heterocycles. The molecule has 144 valence electrons. The Morgan fingerprint density at radius 3 is 2.62 bits per heavy atom. The summed E-state index contributed by atoms with van der Waals surface area (Å²) in [6.45, 7) is 9.63. The third kappa shape index (κ3) is 2.50. The number of carbonyl (C=O) groups is 2. The van der Waals surface area contributed by atoms with Crippen LogP contribution < -0.4 is 0 Å². The number of carbonyl (C=O) groups excluding carboxylic acids is 2. The normalized spacial score (nSPS) is 46.2. The van der Waals surface area contributed by atoms with Crippen LogP contribution in [0.2, 0.25) is 0 Å². The minimum Gasteiger partial charge on any atom is -0.295 e. The minimum absolute atomic E-state index is 0.0393. The summed E-state index contributed by atoms with van der Waals surface area (Å²) in [5, 5.41) is 0. The van der Waals surface area contributed by atoms with E-state index >= 15 is 0 Å². The molecule has 0 aliphatic heterocycles. The highest BCUT2D eigenvalue weighted by Gasteiger charge is 2.60. The van der Waals surface area contributed by atoms with Gasteiger partial charge in [0, 0.05) is 18.4 Å². The van der Waals surface area contributed by atoms with E-state index in [0.717, 1.165) is 23.8 Å². The number of Topliss-reactive ketones (excluding diaryl/α,β-unsaturated/α-hetero) is 1. The van der Waals surface area contributed by atoms with Crippen LogP contribution in [0.1, 0.15) is 85.5 Å². The Morgan fingerprint density at radius 1 is 1.12 bits per heavy atom. The first-order valence-corrected chi connectivity index (χ1v) is 11.1. The maximum absolute atomic E-state index is 13.0. The largest absolute Gasteiger partial charge is 0.295 e. The molecule has 3 fully saturated rings. The van der Waals surface area contributed by atoms with Gasteiger partial charge in [-0.15, -0.1) is 0 Å². The van der Waals surface area contributed by atoms with Crippen molar-refractivity contribution >= 4 is 11.6 Å². The standard InChI is InChI=1S/C24H36O2/c1-5-6-15(2)18-7-8-19-17-14-22(26)21-13-16(25)9-11-24(21,4)20(17)10-12-23(18,19)3/h13,15,17-20H,5-12,14H2,1-4H3. The Hall–Kier alpha value is -0.920. The van der Waals surface area contributed by atoms with E-state index in [1.165, 1.54) is 38.5 Å². The monoisotopic (exact) mass is 356 g/mol. The van der Waals surface area contributed by atoms with Crippen molar-refractivity contribution in [2.45, 2.75) is 85.5 Å². The lowest BCUT2D eigenvalue weighted by Crippen LogP contribution is -2.53. The molecule has 26 heavy (non-hydrogen) atoms. The van der Waals surface area contributed by atoms with E-state index in [-0.39, 0.29) is 17.0 Å². The van der Waals surface area contributed by atoms with Gasteiger partial charge in [0.15, 0.2) is 11.6 Å². The van der Waals surface area contributed by atoms with Crippen LogP contribution in [0.15, 0.2) is 11.6 Å². The molecule has 0 saturated heterocycles. The first-order valence-electron chi connectivity index (χ1n) is 11.1. The average molecular weight is 357 g/mol. The Kier molecular flexibility index (Phi) is 4.48. The molecule has 0 aromatic rings. The molecule has 7 atom stereocenters. The summed E-state index contributed by atoms with van der Waals surface area (Å²) in [7, 11) is 0. The average Bonchev–Trinajstić information content (AvgIpc) is 2.94. The summed E-state index contributed by atoms with van der Waals surface area (Å²) in [5.41, 5.74) is 1.27. The lowest BCUT2D eigenvalue weighted by molar-refractivity contribution is -0.131. The summed E-state index contributed by atoms with van der Waals surface area (Å²) in [6, 6.07) is 0. The summed E-state index contributed by atoms with van der Waals surface area (Å²) in [5.74, 6) is 3.97. The molecule has 3 saturated carbocycles. The number of rotatable bonds is 3. The summed E-state index contributed by atoms with van der Waals surface area (Å²) >= 11 is 0. The fraction of sp³-hybridized carbons (Fsp3) is 0.833. The highest BCUT2D eigenvalue weighted by molar-refractivity contribution is 6.05. The van der Waals surface area contributed by atoms with Gasteiger partial charge in [0.25, 0.3) is 0 Å². The molecule has 2 nitrogen and oxygen atoms in total. The number of hydrogen-bond donors (Lipinski definition) is 0. The molecule has 0 spiro atoms. The number of ketones is 2. The smallest absolute Gasteiger partial charge is 0.159 e. The Morgan fingerprint density at radius 2 is 1.88 bits per heavy atom. The minimum atomic E-state index is -0.0393. The van der Waals surface area contributed by atoms with Gasteiger partial charge in [-0.2, -0.15) is 0 Å². The van der Waals surface area contributed by atoms with Gasteiger partial charge in [0.2, 0.25) is 0 Å². The molecule has 4 aliphatic rings. The van der Waals surface area contributed by atoms with Crippen molar-refractivity contribution in [3.63, 3.8) is 0 Å². The Bertz CT molecular complexity index is 647. The lowest BCUT2D eigenvalue weighted by Gasteiger charge is -2.57. The fourth-order valence-electron chi connectivity index (χ4n) is 8.02. The fourth-order valence-corrected chi connectivity index (χ4v) is 8.02. The van der Waals surface area contributed by atoms with Gasteiger partial charge in [0.1, 0.15) is 0 Å². The van der Waals surface area contributed by atoms with E-state index < -0.39 is 0 Å². The van der Waals surface area contributed by atoms with Crippen LogP contribution in [0.25, 0.3) is 0 Å². The van der Waals surface area contributed by atoms with Crippen molar-refractivity contribution < 1.29 is 9.59 Å². The van der Waals surface area contributed by atoms with Gasteiger partial charge in [-0.05, 0) is 78.6 Å². The third-order valence-corrected chi connectivity index (χ3v) is 9.29. The highest BCUT2D eigenvalue weighted by atomic mass is 16.1. The molecule has 4 aliphatic carbocycles. The second-order valence-corrected chi connectivity index (χ2v) is 10.4. The van der Waals surface area contributed by atoms with Crippen molar-refractivity contribution in [1.29, 1.82) is 0 Å². The van der Waals surface area contributed by atoms with Crippen molar-refractivity contribution in [2.75, 3.05) is 0 Å². The quantitative estimate of drug-likeness (QED) is 0.645. The zero-order valence-electron chi connectivity index (χ0n) is 17.1. The highest BCUT2D eigenvalue weighted by Crippen LogP contribution is 2.67. The van der Waals surface area contributed by atoms with Crippen molar-refractivity contribution in [2.24, 2.45) is 40.4 Å². The maximum Gasteiger partial charge on any atom is 0.159 e. The molecular formula is C24H36O2. The van der Waals surface area contributed by atoms with Gasteiger partial charge in [-0.1, -0.05) is 40.5 Å². The molecule has 4 rings (SSSR count). The molecule has 0 N–H and O–H groups in total. The van der Waals surface area contributed by atoms with Gasteiger partial charge in [0.05, 0.1) is 0 Å². The van der Waals surface area contributed by atoms with E-state index in [1.54, 1.807) is 6.08 Å². The van der Waals surface area contributed by atoms with Crippen molar-refractivity contribution in [1.82, 2.24) is 0 Å². The lowest BCUT2D eigenvalue weighted by atomic mass is 9.46. The molecule has 0 aromatic carbocycles. The molecular weight excluding hydrogens is 320 g/mol. The summed E-state index contributed by atoms with van der Waals surface area (Å²) < 4.78 is 0. The van der Waals surface area contributed by atoms with Crippen molar-refractivity contribution in [3.05, 3.63) is 11.6 Å². The SMILES string of the molecule is CCCC(C)C1CCC2C3CC(=O)C4=CC(=O)CCC4(C)C3CCC12C. The number of hydrogen-bond acceptors (Lipinski definition) is 2. The summed E-state index contributed by atoms with van der Waals surface area (Å²) in [4.78, 5) is 25.0. The predicted octanol–water partition coefficient (Wildman–Crippen LogP) is 5.75. The zero-order chi connectivity index (χ0) is 18.7. The molecule has 2 heteroatoms. The van der Waals surface area contributed by atoms with Crippen LogP contribution in [0.4, 0.5) is 0 Å². The van der Waals surface area contributed by atoms with Gasteiger partial charge in [-0.25, -0.2) is 0 Å². The Labute approximate surface area is 159 Å². The number of fused-ring (bicyclic) bond motifs is 5. The topological polar surface area (TPSA) is 34.1 Å². The van der Waals surface area contributed by atoms with Gasteiger partial charge >= 0.3 is 0 Å². The van der Waals surface area contributed by atoms with Crippen LogP contribution in [-0.2, 0) is 9.59 Å². The van der Waals surface area contributed by atoms with E-state index in [9.17, 15) is 9.59 Å². The van der Waals surface area contributed by atoms with E-state index in [0.29, 0.717) is 36.0 Å². The Balaban J connectivity index is 1.65. The number of allylic oxidation sites excluding steroid dienone is 1. The van der Waals surface area contributed by atoms with Crippen LogP contribution in [0, 0.1) is 40.4 Å². The van der Waals surface area contributed by atoms with Crippen LogP contribution in [-0.4, -0.2) is 11.6 Å². The van der Waals surface area contributed by atoms with E-state index in [4.69, 9.17) is 0 Å². The third-order valence-electron chi connectivity index (χ3n) is 9.29. The van der Waals surface area contributed by atoms with Crippen LogP contribution >= 0.6 is 0 Å². The van der Waals surface area contributed by atoms with Crippen LogP contribution in [0.5, 0.6) is 0 Å². The molecule has 0 amide bonds. The molecule has 7 unspecified atom stereocenters. The van der Waals surface area contributed by atoms with E-state index in [2.05, 4.69) is 27.7 Å². The molecule has 0 bridgehead atoms. The maximum atomic E-state index is 13.0. The zero-order valence-corrected chi connectivity index (χ0v) is 17.1. The van der Waals surface area contributed by atoms with Crippen molar-refractivity contribution in [3.8, 4) is 0 Å². The predicted molar refractivity (Wildman–Crippen MR) is 105 cm³/mol. The summed E-state index contributed by atoms with van der Waals surface area (Å²) in [6.07, 6.45) is 11.8. The van der Waals surface area contributed by atoms with Crippen LogP contribution in [0.3, 0.4) is 0 Å². The van der Waals surface area contributed by atoms with Gasteiger partial charge in [-0.3, -0.25) is 9.59 Å². The second-order valence-electron chi connectivity index (χ2n) is 10.4. The molecule has 0 radical (unpaired) electrons. The molecule has 0 aromatic heterocycles. The second kappa shape index (κ2) is 6.31. The van der Waals surface area contributed by atoms with Gasteiger partial charge < -0.3 is 0 Å². The van der Waals surface area contributed by atoms with E-state index in [1.807, 2.05) is 0 Å².